The standard InChI is InChI=1S/C20H12ClF6N3O2/c21-10-5-3-9(4-6-10)17-29-14-11-2-1-7-28-15(11)13(18(31,32)20(25,26)27)8-12(14)16(30-17)19(22,23)24/h1-8,17,29,31-32H. The molecule has 0 spiro atoms. The van der Waals surface area contributed by atoms with Gasteiger partial charge in [-0.3, -0.25) is 9.98 Å². The molecule has 1 atom stereocenters. The quantitative estimate of drug-likeness (QED) is 0.357. The number of alkyl halides is 6. The third-order valence-corrected chi connectivity index (χ3v) is 5.16. The summed E-state index contributed by atoms with van der Waals surface area (Å²) < 4.78 is 81.6. The minimum atomic E-state index is -5.60. The van der Waals surface area contributed by atoms with E-state index >= 15 is 0 Å². The Balaban J connectivity index is 2.02. The number of aliphatic hydroxyl groups is 2. The maximum absolute atomic E-state index is 13.9. The first kappa shape index (κ1) is 22.3. The van der Waals surface area contributed by atoms with Gasteiger partial charge in [0.05, 0.1) is 11.2 Å². The van der Waals surface area contributed by atoms with Crippen molar-refractivity contribution in [3.05, 3.63) is 70.4 Å². The van der Waals surface area contributed by atoms with Crippen LogP contribution in [-0.4, -0.2) is 33.3 Å². The molecule has 0 saturated heterocycles. The molecule has 0 aliphatic carbocycles. The third kappa shape index (κ3) is 3.65. The molecule has 0 radical (unpaired) electrons. The van der Waals surface area contributed by atoms with Gasteiger partial charge in [-0.2, -0.15) is 26.3 Å². The molecule has 4 rings (SSSR count). The lowest BCUT2D eigenvalue weighted by Gasteiger charge is -2.31. The van der Waals surface area contributed by atoms with Gasteiger partial charge in [0.25, 0.3) is 5.79 Å². The molecule has 0 bridgehead atoms. The van der Waals surface area contributed by atoms with Crippen molar-refractivity contribution in [3.8, 4) is 0 Å². The van der Waals surface area contributed by atoms with Crippen LogP contribution in [0.3, 0.4) is 0 Å². The van der Waals surface area contributed by atoms with Crippen molar-refractivity contribution in [3.63, 3.8) is 0 Å². The molecule has 1 aliphatic rings. The van der Waals surface area contributed by atoms with E-state index in [0.29, 0.717) is 16.7 Å². The number of pyridine rings is 1. The fraction of sp³-hybridized carbons (Fsp3) is 0.200. The molecule has 12 heteroatoms. The topological polar surface area (TPSA) is 77.7 Å². The number of anilines is 1. The van der Waals surface area contributed by atoms with Crippen LogP contribution in [-0.2, 0) is 5.79 Å². The number of hydrogen-bond donors (Lipinski definition) is 3. The summed E-state index contributed by atoms with van der Waals surface area (Å²) in [5.74, 6) is -4.45. The maximum atomic E-state index is 13.9. The Kier molecular flexibility index (Phi) is 5.11. The monoisotopic (exact) mass is 475 g/mol. The average molecular weight is 476 g/mol. The Morgan fingerprint density at radius 2 is 1.62 bits per heavy atom. The molecule has 1 aliphatic heterocycles. The highest BCUT2D eigenvalue weighted by Gasteiger charge is 2.56. The lowest BCUT2D eigenvalue weighted by atomic mass is 9.92. The molecule has 5 nitrogen and oxygen atoms in total. The number of aliphatic imine (C=N–C) groups is 1. The lowest BCUT2D eigenvalue weighted by Crippen LogP contribution is -2.43. The van der Waals surface area contributed by atoms with Gasteiger partial charge in [0.15, 0.2) is 5.71 Å². The Bertz CT molecular complexity index is 1220. The van der Waals surface area contributed by atoms with Gasteiger partial charge >= 0.3 is 12.4 Å². The molecule has 0 fully saturated rings. The summed E-state index contributed by atoms with van der Waals surface area (Å²) >= 11 is 5.82. The van der Waals surface area contributed by atoms with Crippen LogP contribution < -0.4 is 5.32 Å². The normalized spacial score (nSPS) is 17.0. The molecule has 32 heavy (non-hydrogen) atoms. The van der Waals surface area contributed by atoms with E-state index in [1.807, 2.05) is 0 Å². The first-order valence-corrected chi connectivity index (χ1v) is 9.29. The Morgan fingerprint density at radius 1 is 0.969 bits per heavy atom. The Labute approximate surface area is 181 Å². The van der Waals surface area contributed by atoms with E-state index < -0.39 is 46.7 Å². The fourth-order valence-corrected chi connectivity index (χ4v) is 3.53. The van der Waals surface area contributed by atoms with Gasteiger partial charge in [-0.25, -0.2) is 0 Å². The summed E-state index contributed by atoms with van der Waals surface area (Å²) in [5.41, 5.74) is -3.90. The van der Waals surface area contributed by atoms with E-state index in [4.69, 9.17) is 11.6 Å². The number of halogens is 7. The molecule has 2 heterocycles. The highest BCUT2D eigenvalue weighted by Crippen LogP contribution is 2.45. The second kappa shape index (κ2) is 7.32. The summed E-state index contributed by atoms with van der Waals surface area (Å²) in [6.07, 6.45) is -10.8. The van der Waals surface area contributed by atoms with Gasteiger partial charge in [0.2, 0.25) is 0 Å². The molecule has 2 aromatic carbocycles. The van der Waals surface area contributed by atoms with Crippen molar-refractivity contribution in [2.75, 3.05) is 5.32 Å². The molecule has 0 saturated carbocycles. The zero-order chi connectivity index (χ0) is 23.5. The first-order chi connectivity index (χ1) is 14.8. The average Bonchev–Trinajstić information content (AvgIpc) is 2.71. The smallest absolute Gasteiger partial charge is 0.359 e. The maximum Gasteiger partial charge on any atom is 0.447 e. The Hall–Kier alpha value is -2.89. The van der Waals surface area contributed by atoms with Gasteiger partial charge < -0.3 is 15.5 Å². The van der Waals surface area contributed by atoms with Gasteiger partial charge in [0, 0.05) is 27.7 Å². The van der Waals surface area contributed by atoms with E-state index in [1.165, 1.54) is 36.4 Å². The van der Waals surface area contributed by atoms with E-state index in [0.717, 1.165) is 6.20 Å². The SMILES string of the molecule is OC(O)(c1cc2c(c3cccnc13)NC(c1ccc(Cl)cc1)N=C2C(F)(F)F)C(F)(F)F. The zero-order valence-electron chi connectivity index (χ0n) is 15.6. The molecule has 3 aromatic rings. The summed E-state index contributed by atoms with van der Waals surface area (Å²) in [7, 11) is 0. The number of benzene rings is 2. The number of fused-ring (bicyclic) bond motifs is 3. The van der Waals surface area contributed by atoms with Gasteiger partial charge in [-0.15, -0.1) is 0 Å². The number of nitrogens with one attached hydrogen (secondary N) is 1. The van der Waals surface area contributed by atoms with E-state index in [1.54, 1.807) is 0 Å². The predicted octanol–water partition coefficient (Wildman–Crippen LogP) is 5.06. The molecule has 1 aromatic heterocycles. The van der Waals surface area contributed by atoms with E-state index in [2.05, 4.69) is 15.3 Å². The number of rotatable bonds is 2. The van der Waals surface area contributed by atoms with Crippen LogP contribution in [0.25, 0.3) is 10.9 Å². The van der Waals surface area contributed by atoms with Crippen LogP contribution in [0, 0.1) is 0 Å². The van der Waals surface area contributed by atoms with Crippen LogP contribution in [0.5, 0.6) is 0 Å². The summed E-state index contributed by atoms with van der Waals surface area (Å²) in [6.45, 7) is 0. The molecule has 168 valence electrons. The molecular formula is C20H12ClF6N3O2. The summed E-state index contributed by atoms with van der Waals surface area (Å²) in [4.78, 5) is 7.43. The van der Waals surface area contributed by atoms with Crippen LogP contribution in [0.2, 0.25) is 5.02 Å². The van der Waals surface area contributed by atoms with Crippen LogP contribution in [0.15, 0.2) is 53.7 Å². The Morgan fingerprint density at radius 3 is 2.22 bits per heavy atom. The van der Waals surface area contributed by atoms with Crippen molar-refractivity contribution in [2.45, 2.75) is 24.3 Å². The molecule has 1 unspecified atom stereocenters. The van der Waals surface area contributed by atoms with Crippen molar-refractivity contribution in [1.29, 1.82) is 0 Å². The summed E-state index contributed by atoms with van der Waals surface area (Å²) in [5, 5.41) is 22.6. The van der Waals surface area contributed by atoms with Gasteiger partial charge in [-0.1, -0.05) is 23.7 Å². The molecular weight excluding hydrogens is 464 g/mol. The highest BCUT2D eigenvalue weighted by molar-refractivity contribution is 6.30. The van der Waals surface area contributed by atoms with E-state index in [-0.39, 0.29) is 11.1 Å². The number of nitrogens with zero attached hydrogens (tertiary/aromatic N) is 2. The number of aromatic nitrogens is 1. The zero-order valence-corrected chi connectivity index (χ0v) is 16.4. The summed E-state index contributed by atoms with van der Waals surface area (Å²) in [6, 6.07) is 8.73. The van der Waals surface area contributed by atoms with Gasteiger partial charge in [-0.05, 0) is 35.9 Å². The van der Waals surface area contributed by atoms with Crippen LogP contribution in [0.1, 0.15) is 22.9 Å². The van der Waals surface area contributed by atoms with Crippen LogP contribution in [0.4, 0.5) is 32.0 Å². The third-order valence-electron chi connectivity index (χ3n) is 4.91. The largest absolute Gasteiger partial charge is 0.447 e. The second-order valence-electron chi connectivity index (χ2n) is 6.99. The minimum Gasteiger partial charge on any atom is -0.359 e. The minimum absolute atomic E-state index is 0.174. The van der Waals surface area contributed by atoms with Crippen molar-refractivity contribution >= 4 is 33.9 Å². The number of hydrogen-bond acceptors (Lipinski definition) is 5. The second-order valence-corrected chi connectivity index (χ2v) is 7.43. The highest BCUT2D eigenvalue weighted by atomic mass is 35.5. The van der Waals surface area contributed by atoms with Crippen LogP contribution >= 0.6 is 11.6 Å². The van der Waals surface area contributed by atoms with Crippen molar-refractivity contribution in [2.24, 2.45) is 4.99 Å². The van der Waals surface area contributed by atoms with Crippen molar-refractivity contribution < 1.29 is 36.6 Å². The van der Waals surface area contributed by atoms with Gasteiger partial charge in [0.1, 0.15) is 6.17 Å². The van der Waals surface area contributed by atoms with Crippen molar-refractivity contribution in [1.82, 2.24) is 4.98 Å². The molecule has 3 N–H and O–H groups in total. The van der Waals surface area contributed by atoms with E-state index in [9.17, 15) is 36.6 Å². The molecule has 0 amide bonds. The fourth-order valence-electron chi connectivity index (χ4n) is 3.41. The lowest BCUT2D eigenvalue weighted by molar-refractivity contribution is -0.357. The predicted molar refractivity (Wildman–Crippen MR) is 104 cm³/mol. The first-order valence-electron chi connectivity index (χ1n) is 8.92.